The van der Waals surface area contributed by atoms with Gasteiger partial charge in [0.05, 0.1) is 11.5 Å². The molecule has 2 aliphatic heterocycles. The summed E-state index contributed by atoms with van der Waals surface area (Å²) in [4.78, 5) is 41.2. The fraction of sp³-hybridized carbons (Fsp3) is 0.550. The topological polar surface area (TPSA) is 104 Å². The summed E-state index contributed by atoms with van der Waals surface area (Å²) in [6.07, 6.45) is 1.87. The minimum Gasteiger partial charge on any atom is -0.337 e. The molecular weight excluding hydrogens is 465 g/mol. The number of halogens is 2. The first-order valence-corrected chi connectivity index (χ1v) is 12.7. The number of hydrogen-bond acceptors (Lipinski definition) is 5. The summed E-state index contributed by atoms with van der Waals surface area (Å²) in [7, 11) is -3.19. The highest BCUT2D eigenvalue weighted by molar-refractivity contribution is 7.91. The average Bonchev–Trinajstić information content (AvgIpc) is 3.14. The predicted octanol–water partition coefficient (Wildman–Crippen LogP) is 2.58. The third-order valence-corrected chi connectivity index (χ3v) is 8.06. The smallest absolute Gasteiger partial charge is 0.325 e. The molecule has 1 aromatic carbocycles. The predicted molar refractivity (Wildman–Crippen MR) is 118 cm³/mol. The Balaban J connectivity index is 1.81. The van der Waals surface area contributed by atoms with Crippen molar-refractivity contribution in [2.24, 2.45) is 0 Å². The van der Waals surface area contributed by atoms with E-state index in [1.165, 1.54) is 17.9 Å². The molecule has 0 saturated carbocycles. The van der Waals surface area contributed by atoms with E-state index in [4.69, 9.17) is 23.2 Å². The number of hydrogen-bond donors (Lipinski definition) is 1. The highest BCUT2D eigenvalue weighted by Crippen LogP contribution is 2.35. The Morgan fingerprint density at radius 1 is 1.32 bits per heavy atom. The van der Waals surface area contributed by atoms with Gasteiger partial charge in [0.2, 0.25) is 5.91 Å². The van der Waals surface area contributed by atoms with E-state index in [9.17, 15) is 22.8 Å². The van der Waals surface area contributed by atoms with E-state index in [0.29, 0.717) is 30.0 Å². The fourth-order valence-electron chi connectivity index (χ4n) is 4.00. The summed E-state index contributed by atoms with van der Waals surface area (Å²) in [5.74, 6) is -1.13. The van der Waals surface area contributed by atoms with Gasteiger partial charge in [-0.25, -0.2) is 13.2 Å². The van der Waals surface area contributed by atoms with Crippen molar-refractivity contribution in [3.8, 4) is 0 Å². The van der Waals surface area contributed by atoms with Crippen molar-refractivity contribution in [2.75, 3.05) is 24.6 Å². The Hall–Kier alpha value is -1.84. The molecule has 3 rings (SSSR count). The number of imide groups is 1. The van der Waals surface area contributed by atoms with Crippen LogP contribution in [0, 0.1) is 0 Å². The van der Waals surface area contributed by atoms with Gasteiger partial charge >= 0.3 is 6.03 Å². The lowest BCUT2D eigenvalue weighted by atomic mass is 9.92. The Bertz CT molecular complexity index is 1020. The third-order valence-electron chi connectivity index (χ3n) is 5.76. The van der Waals surface area contributed by atoms with Crippen LogP contribution in [0.15, 0.2) is 18.2 Å². The number of sulfone groups is 1. The van der Waals surface area contributed by atoms with Crippen LogP contribution in [0.3, 0.4) is 0 Å². The van der Waals surface area contributed by atoms with Crippen LogP contribution in [-0.4, -0.2) is 66.7 Å². The summed E-state index contributed by atoms with van der Waals surface area (Å²) in [5, 5.41) is 3.23. The summed E-state index contributed by atoms with van der Waals surface area (Å²) in [6.45, 7) is 3.39. The number of amides is 4. The van der Waals surface area contributed by atoms with E-state index in [1.807, 2.05) is 6.92 Å². The van der Waals surface area contributed by atoms with Gasteiger partial charge < -0.3 is 10.2 Å². The molecule has 11 heteroatoms. The monoisotopic (exact) mass is 489 g/mol. The molecule has 1 N–H and O–H groups in total. The highest BCUT2D eigenvalue weighted by atomic mass is 35.5. The lowest BCUT2D eigenvalue weighted by molar-refractivity contribution is -0.140. The first-order valence-electron chi connectivity index (χ1n) is 10.1. The highest BCUT2D eigenvalue weighted by Gasteiger charge is 2.51. The van der Waals surface area contributed by atoms with Crippen LogP contribution in [0.2, 0.25) is 10.0 Å². The lowest BCUT2D eigenvalue weighted by Crippen LogP contribution is -2.48. The summed E-state index contributed by atoms with van der Waals surface area (Å²) >= 11 is 12.2. The van der Waals surface area contributed by atoms with Crippen molar-refractivity contribution in [3.63, 3.8) is 0 Å². The van der Waals surface area contributed by atoms with Gasteiger partial charge in [0, 0.05) is 28.2 Å². The zero-order chi connectivity index (χ0) is 23.0. The largest absolute Gasteiger partial charge is 0.337 e. The van der Waals surface area contributed by atoms with Crippen LogP contribution < -0.4 is 5.32 Å². The second-order valence-electron chi connectivity index (χ2n) is 8.07. The van der Waals surface area contributed by atoms with Gasteiger partial charge in [-0.15, -0.1) is 0 Å². The van der Waals surface area contributed by atoms with E-state index in [1.54, 1.807) is 12.1 Å². The molecule has 31 heavy (non-hydrogen) atoms. The van der Waals surface area contributed by atoms with Gasteiger partial charge in [0.1, 0.15) is 12.1 Å². The molecule has 0 aromatic heterocycles. The maximum atomic E-state index is 13.2. The van der Waals surface area contributed by atoms with E-state index >= 15 is 0 Å². The zero-order valence-corrected chi connectivity index (χ0v) is 19.7. The fourth-order valence-corrected chi connectivity index (χ4v) is 6.33. The molecule has 2 fully saturated rings. The van der Waals surface area contributed by atoms with E-state index in [0.717, 1.165) is 11.3 Å². The third kappa shape index (κ3) is 4.83. The summed E-state index contributed by atoms with van der Waals surface area (Å²) < 4.78 is 23.8. The molecule has 0 spiro atoms. The maximum Gasteiger partial charge on any atom is 0.325 e. The van der Waals surface area contributed by atoms with Crippen molar-refractivity contribution in [2.45, 2.75) is 44.7 Å². The molecule has 1 aromatic rings. The number of carbonyl (C=O) groups excluding carboxylic acids is 3. The van der Waals surface area contributed by atoms with E-state index in [2.05, 4.69) is 5.32 Å². The number of nitrogens with zero attached hydrogens (tertiary/aromatic N) is 2. The van der Waals surface area contributed by atoms with Crippen LogP contribution >= 0.6 is 23.2 Å². The minimum atomic E-state index is -3.19. The van der Waals surface area contributed by atoms with Gasteiger partial charge in [0.25, 0.3) is 5.91 Å². The summed E-state index contributed by atoms with van der Waals surface area (Å²) in [6, 6.07) is 3.45. The standard InChI is InChI=1S/C20H25Cl2N3O5S/c1-3-4-8-24(14-7-9-31(29,30)12-14)17(26)11-25-18(27)20(2,23-19(25)28)15-6-5-13(21)10-16(15)22/h5-6,10,14H,3-4,7-9,11-12H2,1-2H3,(H,23,28). The molecule has 170 valence electrons. The lowest BCUT2D eigenvalue weighted by Gasteiger charge is -2.30. The Kier molecular flexibility index (Phi) is 6.88. The van der Waals surface area contributed by atoms with Crippen LogP contribution in [0.5, 0.6) is 0 Å². The second-order valence-corrected chi connectivity index (χ2v) is 11.1. The first-order chi connectivity index (χ1) is 14.5. The number of carbonyl (C=O) groups is 3. The molecule has 0 bridgehead atoms. The Labute approximate surface area is 191 Å². The minimum absolute atomic E-state index is 0.0316. The van der Waals surface area contributed by atoms with Gasteiger partial charge in [-0.05, 0) is 31.9 Å². The SMILES string of the molecule is CCCCN(C(=O)CN1C(=O)NC(C)(c2ccc(Cl)cc2Cl)C1=O)C1CCS(=O)(=O)C1. The number of nitrogens with one attached hydrogen (secondary N) is 1. The molecule has 2 atom stereocenters. The van der Waals surface area contributed by atoms with Gasteiger partial charge in [-0.3, -0.25) is 14.5 Å². The van der Waals surface area contributed by atoms with Crippen molar-refractivity contribution in [1.29, 1.82) is 0 Å². The molecule has 4 amide bonds. The van der Waals surface area contributed by atoms with Crippen LogP contribution in [0.25, 0.3) is 0 Å². The summed E-state index contributed by atoms with van der Waals surface area (Å²) in [5.41, 5.74) is -1.07. The van der Waals surface area contributed by atoms with Crippen molar-refractivity contribution >= 4 is 50.9 Å². The van der Waals surface area contributed by atoms with Gasteiger partial charge in [0.15, 0.2) is 9.84 Å². The van der Waals surface area contributed by atoms with Gasteiger partial charge in [-0.2, -0.15) is 0 Å². The van der Waals surface area contributed by atoms with Crippen LogP contribution in [0.4, 0.5) is 4.79 Å². The number of benzene rings is 1. The quantitative estimate of drug-likeness (QED) is 0.592. The van der Waals surface area contributed by atoms with Crippen LogP contribution in [-0.2, 0) is 25.0 Å². The van der Waals surface area contributed by atoms with Crippen molar-refractivity contribution in [1.82, 2.24) is 15.1 Å². The molecule has 2 unspecified atom stereocenters. The first kappa shape index (κ1) is 23.8. The number of rotatable bonds is 7. The second kappa shape index (κ2) is 8.96. The Morgan fingerprint density at radius 2 is 2.03 bits per heavy atom. The van der Waals surface area contributed by atoms with Crippen molar-refractivity contribution < 1.29 is 22.8 Å². The van der Waals surface area contributed by atoms with E-state index in [-0.39, 0.29) is 16.5 Å². The van der Waals surface area contributed by atoms with Gasteiger partial charge in [-0.1, -0.05) is 42.6 Å². The Morgan fingerprint density at radius 3 is 2.61 bits per heavy atom. The molecule has 0 aliphatic carbocycles. The van der Waals surface area contributed by atoms with E-state index < -0.39 is 45.8 Å². The zero-order valence-electron chi connectivity index (χ0n) is 17.4. The molecule has 2 aliphatic rings. The molecule has 2 saturated heterocycles. The maximum absolute atomic E-state index is 13.2. The average molecular weight is 490 g/mol. The molecule has 0 radical (unpaired) electrons. The number of unbranched alkanes of at least 4 members (excludes halogenated alkanes) is 1. The number of urea groups is 1. The molecule has 8 nitrogen and oxygen atoms in total. The van der Waals surface area contributed by atoms with Crippen molar-refractivity contribution in [3.05, 3.63) is 33.8 Å². The van der Waals surface area contributed by atoms with Crippen LogP contribution in [0.1, 0.15) is 38.7 Å². The normalized spacial score (nSPS) is 25.0. The molecule has 2 heterocycles. The molecular formula is C20H25Cl2N3O5S.